The third-order valence-corrected chi connectivity index (χ3v) is 4.46. The first-order valence-corrected chi connectivity index (χ1v) is 6.91. The van der Waals surface area contributed by atoms with Crippen LogP contribution in [0.5, 0.6) is 5.75 Å². The predicted molar refractivity (Wildman–Crippen MR) is 70.7 cm³/mol. The Balaban J connectivity index is 1.97. The molecule has 0 bridgehead atoms. The highest BCUT2D eigenvalue weighted by atomic mass is 32.2. The molecule has 17 heavy (non-hydrogen) atoms. The topological polar surface area (TPSA) is 49.3 Å². The van der Waals surface area contributed by atoms with Crippen LogP contribution in [0.1, 0.15) is 28.8 Å². The van der Waals surface area contributed by atoms with Crippen LogP contribution in [0.4, 0.5) is 0 Å². The number of hydrogen-bond donors (Lipinski definition) is 2. The number of nitrogens with one attached hydrogen (secondary N) is 1. The van der Waals surface area contributed by atoms with Crippen LogP contribution in [-0.4, -0.2) is 28.6 Å². The highest BCUT2D eigenvalue weighted by molar-refractivity contribution is 8.00. The van der Waals surface area contributed by atoms with Crippen molar-refractivity contribution in [2.45, 2.75) is 25.0 Å². The van der Waals surface area contributed by atoms with E-state index in [1.54, 1.807) is 25.1 Å². The molecule has 0 aromatic heterocycles. The summed E-state index contributed by atoms with van der Waals surface area (Å²) in [5.41, 5.74) is 1.21. The van der Waals surface area contributed by atoms with Crippen LogP contribution in [-0.2, 0) is 0 Å². The second-order valence-corrected chi connectivity index (χ2v) is 5.70. The molecule has 1 fully saturated rings. The lowest BCUT2D eigenvalue weighted by Crippen LogP contribution is -2.30. The second-order valence-electron chi connectivity index (χ2n) is 4.29. The molecule has 0 saturated carbocycles. The van der Waals surface area contributed by atoms with E-state index in [9.17, 15) is 9.90 Å². The lowest BCUT2D eigenvalue weighted by Gasteiger charge is -2.11. The SMILES string of the molecule is Cc1c(O)cccc1C(=O)NCC1CCCS1. The summed E-state index contributed by atoms with van der Waals surface area (Å²) in [6, 6.07) is 5.03. The molecule has 2 rings (SSSR count). The monoisotopic (exact) mass is 251 g/mol. The summed E-state index contributed by atoms with van der Waals surface area (Å²) in [5, 5.41) is 13.0. The number of rotatable bonds is 3. The van der Waals surface area contributed by atoms with Gasteiger partial charge in [-0.15, -0.1) is 0 Å². The van der Waals surface area contributed by atoms with Gasteiger partial charge in [-0.3, -0.25) is 4.79 Å². The predicted octanol–water partition coefficient (Wildman–Crippen LogP) is 2.33. The van der Waals surface area contributed by atoms with Gasteiger partial charge in [0.25, 0.3) is 5.91 Å². The molecule has 2 N–H and O–H groups in total. The number of carbonyl (C=O) groups excluding carboxylic acids is 1. The Labute approximate surface area is 106 Å². The molecule has 0 radical (unpaired) electrons. The first kappa shape index (κ1) is 12.3. The lowest BCUT2D eigenvalue weighted by atomic mass is 10.1. The van der Waals surface area contributed by atoms with E-state index in [1.165, 1.54) is 18.6 Å². The Hall–Kier alpha value is -1.16. The highest BCUT2D eigenvalue weighted by Crippen LogP contribution is 2.25. The van der Waals surface area contributed by atoms with Crippen LogP contribution >= 0.6 is 11.8 Å². The standard InChI is InChI=1S/C13H17NO2S/c1-9-11(5-2-6-12(9)15)13(16)14-8-10-4-3-7-17-10/h2,5-6,10,15H,3-4,7-8H2,1H3,(H,14,16). The summed E-state index contributed by atoms with van der Waals surface area (Å²) in [6.45, 7) is 2.48. The van der Waals surface area contributed by atoms with Crippen molar-refractivity contribution in [3.05, 3.63) is 29.3 Å². The molecule has 1 aromatic carbocycles. The molecule has 1 aliphatic rings. The first-order valence-electron chi connectivity index (χ1n) is 5.87. The Kier molecular flexibility index (Phi) is 3.94. The Morgan fingerprint density at radius 2 is 2.41 bits per heavy atom. The van der Waals surface area contributed by atoms with Gasteiger partial charge in [0.05, 0.1) is 0 Å². The van der Waals surface area contributed by atoms with E-state index in [0.717, 1.165) is 6.54 Å². The maximum atomic E-state index is 11.9. The normalized spacial score (nSPS) is 19.2. The zero-order valence-electron chi connectivity index (χ0n) is 9.90. The highest BCUT2D eigenvalue weighted by Gasteiger charge is 2.17. The van der Waals surface area contributed by atoms with E-state index in [4.69, 9.17) is 0 Å². The third kappa shape index (κ3) is 2.94. The van der Waals surface area contributed by atoms with Crippen molar-refractivity contribution in [2.75, 3.05) is 12.3 Å². The number of carbonyl (C=O) groups is 1. The molecular formula is C13H17NO2S. The smallest absolute Gasteiger partial charge is 0.251 e. The van der Waals surface area contributed by atoms with Crippen LogP contribution in [0.3, 0.4) is 0 Å². The van der Waals surface area contributed by atoms with Crippen LogP contribution in [0.25, 0.3) is 0 Å². The minimum atomic E-state index is -0.0918. The molecule has 92 valence electrons. The quantitative estimate of drug-likeness (QED) is 0.867. The van der Waals surface area contributed by atoms with Crippen molar-refractivity contribution < 1.29 is 9.90 Å². The third-order valence-electron chi connectivity index (χ3n) is 3.06. The summed E-state index contributed by atoms with van der Waals surface area (Å²) in [6.07, 6.45) is 2.43. The number of thioether (sulfide) groups is 1. The molecule has 1 atom stereocenters. The first-order chi connectivity index (χ1) is 8.18. The fraction of sp³-hybridized carbons (Fsp3) is 0.462. The molecule has 3 nitrogen and oxygen atoms in total. The maximum Gasteiger partial charge on any atom is 0.251 e. The van der Waals surface area contributed by atoms with Crippen LogP contribution in [0.2, 0.25) is 0 Å². The molecule has 1 aliphatic heterocycles. The molecule has 0 aliphatic carbocycles. The van der Waals surface area contributed by atoms with Gasteiger partial charge in [-0.25, -0.2) is 0 Å². The maximum absolute atomic E-state index is 11.9. The summed E-state index contributed by atoms with van der Waals surface area (Å²) in [7, 11) is 0. The Morgan fingerprint density at radius 3 is 3.12 bits per heavy atom. The van der Waals surface area contributed by atoms with Crippen LogP contribution in [0, 0.1) is 6.92 Å². The fourth-order valence-corrected chi connectivity index (χ4v) is 3.18. The van der Waals surface area contributed by atoms with Gasteiger partial charge in [0.1, 0.15) is 5.75 Å². The van der Waals surface area contributed by atoms with Crippen molar-refractivity contribution >= 4 is 17.7 Å². The summed E-state index contributed by atoms with van der Waals surface area (Å²) in [4.78, 5) is 11.9. The second kappa shape index (κ2) is 5.45. The van der Waals surface area contributed by atoms with Gasteiger partial charge >= 0.3 is 0 Å². The van der Waals surface area contributed by atoms with Gasteiger partial charge in [-0.1, -0.05) is 6.07 Å². The number of aromatic hydroxyl groups is 1. The molecule has 0 spiro atoms. The Bertz CT molecular complexity index is 414. The zero-order chi connectivity index (χ0) is 12.3. The van der Waals surface area contributed by atoms with E-state index in [-0.39, 0.29) is 11.7 Å². The minimum Gasteiger partial charge on any atom is -0.508 e. The van der Waals surface area contributed by atoms with Gasteiger partial charge in [0.2, 0.25) is 0 Å². The average molecular weight is 251 g/mol. The van der Waals surface area contributed by atoms with E-state index in [0.29, 0.717) is 16.4 Å². The largest absolute Gasteiger partial charge is 0.508 e. The van der Waals surface area contributed by atoms with Crippen molar-refractivity contribution in [2.24, 2.45) is 0 Å². The molecule has 4 heteroatoms. The van der Waals surface area contributed by atoms with Crippen molar-refractivity contribution in [1.29, 1.82) is 0 Å². The number of phenolic OH excluding ortho intramolecular Hbond substituents is 1. The van der Waals surface area contributed by atoms with Crippen LogP contribution in [0.15, 0.2) is 18.2 Å². The molecule has 1 saturated heterocycles. The van der Waals surface area contributed by atoms with Crippen molar-refractivity contribution in [3.8, 4) is 5.75 Å². The van der Waals surface area contributed by atoms with Gasteiger partial charge < -0.3 is 10.4 Å². The molecular weight excluding hydrogens is 234 g/mol. The number of phenols is 1. The van der Waals surface area contributed by atoms with E-state index < -0.39 is 0 Å². The van der Waals surface area contributed by atoms with E-state index in [2.05, 4.69) is 5.32 Å². The number of benzene rings is 1. The van der Waals surface area contributed by atoms with Gasteiger partial charge in [0.15, 0.2) is 0 Å². The summed E-state index contributed by atoms with van der Waals surface area (Å²) >= 11 is 1.92. The number of amides is 1. The minimum absolute atomic E-state index is 0.0918. The van der Waals surface area contributed by atoms with E-state index in [1.807, 2.05) is 11.8 Å². The fourth-order valence-electron chi connectivity index (χ4n) is 1.98. The molecule has 1 unspecified atom stereocenters. The molecule has 1 heterocycles. The zero-order valence-corrected chi connectivity index (χ0v) is 10.7. The van der Waals surface area contributed by atoms with Crippen LogP contribution < -0.4 is 5.32 Å². The van der Waals surface area contributed by atoms with Gasteiger partial charge in [0, 0.05) is 22.9 Å². The molecule has 1 aromatic rings. The Morgan fingerprint density at radius 1 is 1.59 bits per heavy atom. The summed E-state index contributed by atoms with van der Waals surface area (Å²) < 4.78 is 0. The summed E-state index contributed by atoms with van der Waals surface area (Å²) in [5.74, 6) is 1.28. The van der Waals surface area contributed by atoms with E-state index >= 15 is 0 Å². The molecule has 1 amide bonds. The van der Waals surface area contributed by atoms with Crippen molar-refractivity contribution in [1.82, 2.24) is 5.32 Å². The van der Waals surface area contributed by atoms with Crippen molar-refractivity contribution in [3.63, 3.8) is 0 Å². The average Bonchev–Trinajstić information content (AvgIpc) is 2.82. The van der Waals surface area contributed by atoms with Gasteiger partial charge in [-0.05, 0) is 37.7 Å². The lowest BCUT2D eigenvalue weighted by molar-refractivity contribution is 0.0952. The van der Waals surface area contributed by atoms with Gasteiger partial charge in [-0.2, -0.15) is 11.8 Å². The number of hydrogen-bond acceptors (Lipinski definition) is 3.